The monoisotopic (exact) mass is 805 g/mol. The molecule has 2 aromatic carbocycles. The third-order valence-electron chi connectivity index (χ3n) is 11.8. The first kappa shape index (κ1) is 39.0. The molecule has 16 heteroatoms. The van der Waals surface area contributed by atoms with Crippen LogP contribution < -0.4 is 20.1 Å². The van der Waals surface area contributed by atoms with Crippen LogP contribution >= 0.6 is 11.6 Å². The summed E-state index contributed by atoms with van der Waals surface area (Å²) in [6, 6.07) is 15.2. The minimum atomic E-state index is -0.643. The van der Waals surface area contributed by atoms with Crippen LogP contribution in [-0.2, 0) is 22.6 Å². The quantitative estimate of drug-likeness (QED) is 0.195. The van der Waals surface area contributed by atoms with E-state index in [1.54, 1.807) is 47.1 Å². The summed E-state index contributed by atoms with van der Waals surface area (Å²) in [7, 11) is 0. The highest BCUT2D eigenvalue weighted by atomic mass is 35.5. The standard InChI is InChI=1S/C42H44ClN9O6/c1-41(2)39(42(3,4)40(41)58-29-9-7-24(18-44)32(43)17-29)47-36(54)25-8-13-34(45-19-25)52-21-27(48-49-52)6-5-15-50-22-30(23-50)57-28-10-11-31-26(16-28)20-51(38(31)56)33-12-14-35(53)46-37(33)55/h7-11,13,16-17,19,21,30,33,39-40H,5-6,12,14-15,20,22-23H2,1-4H3,(H,47,54)(H,46,53,55). The highest BCUT2D eigenvalue weighted by Gasteiger charge is 2.64. The van der Waals surface area contributed by atoms with Crippen LogP contribution in [0.5, 0.6) is 11.5 Å². The average molecular weight is 806 g/mol. The topological polar surface area (TPSA) is 185 Å². The number of ether oxygens (including phenoxy) is 2. The number of aryl methyl sites for hydroxylation is 1. The van der Waals surface area contributed by atoms with Crippen LogP contribution in [0.3, 0.4) is 0 Å². The van der Waals surface area contributed by atoms with E-state index in [2.05, 4.69) is 64.6 Å². The molecule has 4 amide bonds. The molecule has 3 fully saturated rings. The third-order valence-corrected chi connectivity index (χ3v) is 12.2. The molecule has 1 aliphatic carbocycles. The number of piperidine rings is 1. The number of likely N-dealkylation sites (tertiary alicyclic amines) is 1. The maximum atomic E-state index is 13.4. The van der Waals surface area contributed by atoms with Gasteiger partial charge in [-0.3, -0.25) is 29.4 Å². The zero-order valence-electron chi connectivity index (χ0n) is 32.7. The van der Waals surface area contributed by atoms with E-state index in [1.807, 2.05) is 12.3 Å². The second-order valence-corrected chi connectivity index (χ2v) is 17.1. The fourth-order valence-corrected chi connectivity index (χ4v) is 9.28. The van der Waals surface area contributed by atoms with Crippen molar-refractivity contribution >= 4 is 35.2 Å². The second kappa shape index (κ2) is 15.1. The van der Waals surface area contributed by atoms with E-state index >= 15 is 0 Å². The van der Waals surface area contributed by atoms with E-state index < -0.39 is 22.8 Å². The van der Waals surface area contributed by atoms with Gasteiger partial charge in [0.25, 0.3) is 11.8 Å². The van der Waals surface area contributed by atoms with Gasteiger partial charge in [0, 0.05) is 60.8 Å². The second-order valence-electron chi connectivity index (χ2n) is 16.7. The minimum Gasteiger partial charge on any atom is -0.489 e. The molecule has 1 atom stereocenters. The molecule has 8 rings (SSSR count). The zero-order valence-corrected chi connectivity index (χ0v) is 33.5. The van der Waals surface area contributed by atoms with Crippen molar-refractivity contribution in [2.24, 2.45) is 10.8 Å². The number of halogens is 1. The summed E-state index contributed by atoms with van der Waals surface area (Å²) in [5.41, 5.74) is 2.24. The molecule has 2 aromatic heterocycles. The Kier molecular flexibility index (Phi) is 10.2. The lowest BCUT2D eigenvalue weighted by Crippen LogP contribution is -2.74. The van der Waals surface area contributed by atoms with Gasteiger partial charge < -0.3 is 19.7 Å². The van der Waals surface area contributed by atoms with Crippen molar-refractivity contribution in [2.45, 2.75) is 84.2 Å². The van der Waals surface area contributed by atoms with Gasteiger partial charge in [-0.15, -0.1) is 5.10 Å². The molecular weight excluding hydrogens is 762 g/mol. The summed E-state index contributed by atoms with van der Waals surface area (Å²) in [4.78, 5) is 58.6. The van der Waals surface area contributed by atoms with Gasteiger partial charge in [-0.05, 0) is 73.8 Å². The third kappa shape index (κ3) is 7.38. The van der Waals surface area contributed by atoms with Crippen LogP contribution in [0, 0.1) is 22.2 Å². The molecule has 4 aliphatic rings. The normalized spacial score (nSPS) is 22.3. The lowest BCUT2D eigenvalue weighted by atomic mass is 9.49. The number of carbonyl (C=O) groups is 4. The number of pyridine rings is 1. The summed E-state index contributed by atoms with van der Waals surface area (Å²) < 4.78 is 14.2. The number of nitriles is 1. The van der Waals surface area contributed by atoms with Crippen LogP contribution in [0.2, 0.25) is 5.02 Å². The zero-order chi connectivity index (χ0) is 40.9. The highest BCUT2D eigenvalue weighted by molar-refractivity contribution is 6.31. The molecular formula is C42H44ClN9O6. The van der Waals surface area contributed by atoms with E-state index in [1.165, 1.54) is 11.1 Å². The van der Waals surface area contributed by atoms with Gasteiger partial charge in [0.05, 0.1) is 28.0 Å². The number of rotatable bonds is 12. The number of hydrogen-bond donors (Lipinski definition) is 2. The maximum absolute atomic E-state index is 13.4. The predicted molar refractivity (Wildman–Crippen MR) is 210 cm³/mol. The number of fused-ring (bicyclic) bond motifs is 1. The number of aromatic nitrogens is 4. The van der Waals surface area contributed by atoms with Crippen LogP contribution in [0.4, 0.5) is 0 Å². The first-order valence-electron chi connectivity index (χ1n) is 19.4. The lowest BCUT2D eigenvalue weighted by molar-refractivity contribution is -0.164. The van der Waals surface area contributed by atoms with Crippen LogP contribution in [0.25, 0.3) is 5.82 Å². The SMILES string of the molecule is CC1(C)C(NC(=O)c2ccc(-n3cc(CCCN4CC(Oc5ccc6c(c5)CN(C5CCC(=O)NC5=O)C6=O)C4)nn3)nc2)C(C)(C)C1Oc1ccc(C#N)c(Cl)c1. The number of benzene rings is 2. The molecule has 15 nitrogen and oxygen atoms in total. The Morgan fingerprint density at radius 2 is 1.79 bits per heavy atom. The molecule has 0 spiro atoms. The van der Waals surface area contributed by atoms with Gasteiger partial charge in [0.15, 0.2) is 5.82 Å². The average Bonchev–Trinajstić information content (AvgIpc) is 3.78. The van der Waals surface area contributed by atoms with E-state index in [9.17, 15) is 24.4 Å². The number of hydrogen-bond acceptors (Lipinski definition) is 11. The molecule has 2 N–H and O–H groups in total. The largest absolute Gasteiger partial charge is 0.489 e. The smallest absolute Gasteiger partial charge is 0.255 e. The van der Waals surface area contributed by atoms with Gasteiger partial charge in [-0.25, -0.2) is 9.67 Å². The summed E-state index contributed by atoms with van der Waals surface area (Å²) in [6.45, 7) is 11.0. The summed E-state index contributed by atoms with van der Waals surface area (Å²) in [6.07, 6.45) is 5.39. The molecule has 4 aromatic rings. The first-order chi connectivity index (χ1) is 27.7. The molecule has 1 saturated carbocycles. The predicted octanol–water partition coefficient (Wildman–Crippen LogP) is 4.26. The van der Waals surface area contributed by atoms with Crippen LogP contribution in [0.1, 0.15) is 84.5 Å². The number of amides is 4. The molecule has 0 radical (unpaired) electrons. The van der Waals surface area contributed by atoms with Crippen molar-refractivity contribution in [3.8, 4) is 23.4 Å². The Morgan fingerprint density at radius 3 is 2.50 bits per heavy atom. The van der Waals surface area contributed by atoms with E-state index in [0.29, 0.717) is 52.0 Å². The van der Waals surface area contributed by atoms with Crippen LogP contribution in [-0.4, -0.2) is 97.3 Å². The van der Waals surface area contributed by atoms with Gasteiger partial charge in [0.1, 0.15) is 35.8 Å². The Bertz CT molecular complexity index is 2320. The lowest BCUT2D eigenvalue weighted by Gasteiger charge is -2.63. The van der Waals surface area contributed by atoms with Crippen LogP contribution in [0.15, 0.2) is 60.9 Å². The molecule has 58 heavy (non-hydrogen) atoms. The molecule has 5 heterocycles. The van der Waals surface area contributed by atoms with Crippen molar-refractivity contribution in [2.75, 3.05) is 19.6 Å². The van der Waals surface area contributed by atoms with E-state index in [-0.39, 0.29) is 42.4 Å². The van der Waals surface area contributed by atoms with Crippen molar-refractivity contribution in [3.63, 3.8) is 0 Å². The Morgan fingerprint density at radius 1 is 1.03 bits per heavy atom. The number of nitrogens with one attached hydrogen (secondary N) is 2. The minimum absolute atomic E-state index is 0.0381. The molecule has 2 saturated heterocycles. The summed E-state index contributed by atoms with van der Waals surface area (Å²) in [5.74, 6) is 0.658. The first-order valence-corrected chi connectivity index (χ1v) is 19.8. The number of carbonyl (C=O) groups excluding carboxylic acids is 4. The Balaban J connectivity index is 0.772. The van der Waals surface area contributed by atoms with E-state index in [0.717, 1.165) is 43.7 Å². The van der Waals surface area contributed by atoms with Gasteiger partial charge in [-0.2, -0.15) is 5.26 Å². The molecule has 3 aliphatic heterocycles. The number of nitrogens with zero attached hydrogens (tertiary/aromatic N) is 7. The van der Waals surface area contributed by atoms with Gasteiger partial charge in [0.2, 0.25) is 11.8 Å². The van der Waals surface area contributed by atoms with Gasteiger partial charge in [-0.1, -0.05) is 44.5 Å². The highest BCUT2D eigenvalue weighted by Crippen LogP contribution is 2.55. The summed E-state index contributed by atoms with van der Waals surface area (Å²) in [5, 5.41) is 23.7. The van der Waals surface area contributed by atoms with Gasteiger partial charge >= 0.3 is 0 Å². The summed E-state index contributed by atoms with van der Waals surface area (Å²) >= 11 is 6.23. The fraction of sp³-hybridized carbons (Fsp3) is 0.429. The Labute approximate surface area is 340 Å². The maximum Gasteiger partial charge on any atom is 0.255 e. The van der Waals surface area contributed by atoms with Crippen molar-refractivity contribution < 1.29 is 28.7 Å². The molecule has 0 bridgehead atoms. The van der Waals surface area contributed by atoms with Crippen molar-refractivity contribution in [1.29, 1.82) is 5.26 Å². The Hall–Kier alpha value is -5.85. The molecule has 1 unspecified atom stereocenters. The fourth-order valence-electron chi connectivity index (χ4n) is 9.07. The number of imide groups is 1. The van der Waals surface area contributed by atoms with Crippen molar-refractivity contribution in [1.82, 2.24) is 40.4 Å². The van der Waals surface area contributed by atoms with E-state index in [4.69, 9.17) is 21.1 Å². The molecule has 300 valence electrons. The van der Waals surface area contributed by atoms with Crippen molar-refractivity contribution in [3.05, 3.63) is 93.9 Å².